The van der Waals surface area contributed by atoms with Gasteiger partial charge in [-0.3, -0.25) is 0 Å². The molecule has 0 aliphatic carbocycles. The maximum absolute atomic E-state index is 10.1. The zero-order chi connectivity index (χ0) is 9.45. The van der Waals surface area contributed by atoms with E-state index in [1.807, 2.05) is 6.92 Å². The molecule has 0 rings (SSSR count). The summed E-state index contributed by atoms with van der Waals surface area (Å²) in [6.45, 7) is 3.06. The third-order valence-electron chi connectivity index (χ3n) is 1.33. The quantitative estimate of drug-likeness (QED) is 0.444. The lowest BCUT2D eigenvalue weighted by molar-refractivity contribution is 0.132. The van der Waals surface area contributed by atoms with Crippen LogP contribution < -0.4 is 0 Å². The van der Waals surface area contributed by atoms with Gasteiger partial charge in [0.1, 0.15) is 0 Å². The first-order valence-electron chi connectivity index (χ1n) is 4.07. The van der Waals surface area contributed by atoms with Gasteiger partial charge in [0.15, 0.2) is 0 Å². The van der Waals surface area contributed by atoms with Crippen LogP contribution in [0.25, 0.3) is 0 Å². The highest BCUT2D eigenvalue weighted by atomic mass is 32.2. The molecule has 4 nitrogen and oxygen atoms in total. The number of hydrogen-bond donors (Lipinski definition) is 0. The Morgan fingerprint density at radius 1 is 1.25 bits per heavy atom. The van der Waals surface area contributed by atoms with E-state index in [4.69, 9.17) is 4.74 Å². The van der Waals surface area contributed by atoms with Crippen LogP contribution in [0.2, 0.25) is 0 Å². The Morgan fingerprint density at radius 3 is 2.33 bits per heavy atom. The Balaban J connectivity index is 3.12. The summed E-state index contributed by atoms with van der Waals surface area (Å²) in [4.78, 5) is 0. The number of rotatable bonds is 7. The molecule has 5 heteroatoms. The second-order valence-electron chi connectivity index (χ2n) is 2.58. The van der Waals surface area contributed by atoms with E-state index in [1.54, 1.807) is 0 Å². The molecule has 74 valence electrons. The van der Waals surface area contributed by atoms with Crippen molar-refractivity contribution in [1.29, 1.82) is 0 Å². The Kier molecular flexibility index (Phi) is 6.32. The van der Waals surface area contributed by atoms with Crippen molar-refractivity contribution in [2.45, 2.75) is 26.2 Å². The molecule has 0 bridgehead atoms. The van der Waals surface area contributed by atoms with Gasteiger partial charge in [0.2, 0.25) is 0 Å². The Hall–Kier alpha value is -0.130. The summed E-state index contributed by atoms with van der Waals surface area (Å²) in [5, 5.41) is 0. The highest BCUT2D eigenvalue weighted by Crippen LogP contribution is 1.92. The monoisotopic (exact) mass is 195 g/mol. The Labute approximate surface area is 73.7 Å². The normalized spacial score (nSPS) is 11.8. The average Bonchev–Trinajstić information content (AvgIpc) is 1.94. The largest absolute Gasteiger partial charge is 0.748 e. The summed E-state index contributed by atoms with van der Waals surface area (Å²) in [5.41, 5.74) is 0. The highest BCUT2D eigenvalue weighted by molar-refractivity contribution is 7.85. The van der Waals surface area contributed by atoms with Crippen LogP contribution in [-0.4, -0.2) is 31.9 Å². The van der Waals surface area contributed by atoms with Crippen LogP contribution in [0, 0.1) is 0 Å². The molecule has 0 unspecified atom stereocenters. The lowest BCUT2D eigenvalue weighted by Crippen LogP contribution is -2.07. The van der Waals surface area contributed by atoms with Crippen molar-refractivity contribution in [3.8, 4) is 0 Å². The zero-order valence-electron chi connectivity index (χ0n) is 7.28. The third kappa shape index (κ3) is 9.87. The maximum Gasteiger partial charge on any atom is 0.0946 e. The van der Waals surface area contributed by atoms with Gasteiger partial charge in [-0.15, -0.1) is 0 Å². The predicted octanol–water partition coefficient (Wildman–Crippen LogP) is 0.738. The topological polar surface area (TPSA) is 66.4 Å². The van der Waals surface area contributed by atoms with E-state index in [2.05, 4.69) is 0 Å². The van der Waals surface area contributed by atoms with Crippen molar-refractivity contribution in [1.82, 2.24) is 0 Å². The van der Waals surface area contributed by atoms with Crippen LogP contribution in [-0.2, 0) is 14.9 Å². The molecule has 0 saturated heterocycles. The first-order chi connectivity index (χ1) is 5.56. The van der Waals surface area contributed by atoms with Crippen molar-refractivity contribution in [2.24, 2.45) is 0 Å². The van der Waals surface area contributed by atoms with Gasteiger partial charge in [0.25, 0.3) is 0 Å². The van der Waals surface area contributed by atoms with Crippen molar-refractivity contribution in [3.05, 3.63) is 0 Å². The summed E-state index contributed by atoms with van der Waals surface area (Å²) in [6, 6.07) is 0. The summed E-state index contributed by atoms with van der Waals surface area (Å²) < 4.78 is 35.4. The van der Waals surface area contributed by atoms with E-state index in [0.717, 1.165) is 12.8 Å². The minimum atomic E-state index is -4.05. The van der Waals surface area contributed by atoms with E-state index >= 15 is 0 Å². The predicted molar refractivity (Wildman–Crippen MR) is 44.9 cm³/mol. The highest BCUT2D eigenvalue weighted by Gasteiger charge is 1.94. The minimum Gasteiger partial charge on any atom is -0.748 e. The van der Waals surface area contributed by atoms with Crippen molar-refractivity contribution in [2.75, 3.05) is 19.0 Å². The smallest absolute Gasteiger partial charge is 0.0946 e. The summed E-state index contributed by atoms with van der Waals surface area (Å²) >= 11 is 0. The molecule has 0 N–H and O–H groups in total. The molecule has 0 saturated carbocycles. The molecule has 0 aromatic rings. The molecule has 0 aliphatic heterocycles. The number of hydrogen-bond acceptors (Lipinski definition) is 4. The molecular weight excluding hydrogens is 180 g/mol. The zero-order valence-corrected chi connectivity index (χ0v) is 8.10. The maximum atomic E-state index is 10.1. The third-order valence-corrected chi connectivity index (χ3v) is 2.11. The summed E-state index contributed by atoms with van der Waals surface area (Å²) in [5.74, 6) is -0.320. The van der Waals surface area contributed by atoms with Gasteiger partial charge in [0, 0.05) is 19.0 Å². The lowest BCUT2D eigenvalue weighted by Gasteiger charge is -2.06. The van der Waals surface area contributed by atoms with E-state index in [9.17, 15) is 13.0 Å². The fraction of sp³-hybridized carbons (Fsp3) is 1.00. The average molecular weight is 195 g/mol. The second-order valence-corrected chi connectivity index (χ2v) is 4.10. The van der Waals surface area contributed by atoms with Crippen LogP contribution in [0.4, 0.5) is 0 Å². The number of ether oxygens (including phenoxy) is 1. The van der Waals surface area contributed by atoms with Crippen LogP contribution in [0.5, 0.6) is 0 Å². The SMILES string of the molecule is CCCCOCCCS(=O)(=O)[O-]. The van der Waals surface area contributed by atoms with Crippen LogP contribution >= 0.6 is 0 Å². The molecule has 0 spiro atoms. The van der Waals surface area contributed by atoms with Crippen molar-refractivity contribution < 1.29 is 17.7 Å². The second kappa shape index (κ2) is 6.39. The molecule has 0 fully saturated rings. The molecule has 12 heavy (non-hydrogen) atoms. The molecular formula is C7H15O4S-. The van der Waals surface area contributed by atoms with Crippen LogP contribution in [0.15, 0.2) is 0 Å². The van der Waals surface area contributed by atoms with Gasteiger partial charge in [-0.25, -0.2) is 8.42 Å². The summed E-state index contributed by atoms with van der Waals surface area (Å²) in [7, 11) is -4.05. The minimum absolute atomic E-state index is 0.301. The summed E-state index contributed by atoms with van der Waals surface area (Å²) in [6.07, 6.45) is 2.33. The molecule has 0 aromatic heterocycles. The van der Waals surface area contributed by atoms with Gasteiger partial charge in [-0.05, 0) is 12.8 Å². The van der Waals surface area contributed by atoms with Gasteiger partial charge < -0.3 is 9.29 Å². The first-order valence-corrected chi connectivity index (χ1v) is 5.65. The van der Waals surface area contributed by atoms with Crippen LogP contribution in [0.3, 0.4) is 0 Å². The van der Waals surface area contributed by atoms with Crippen LogP contribution in [0.1, 0.15) is 26.2 Å². The first kappa shape index (κ1) is 11.9. The van der Waals surface area contributed by atoms with Gasteiger partial charge in [-0.1, -0.05) is 13.3 Å². The standard InChI is InChI=1S/C7H16O4S/c1-2-3-5-11-6-4-7-12(8,9)10/h2-7H2,1H3,(H,8,9,10)/p-1. The Bertz CT molecular complexity index is 186. The molecule has 0 aromatic carbocycles. The fourth-order valence-electron chi connectivity index (χ4n) is 0.686. The van der Waals surface area contributed by atoms with E-state index < -0.39 is 10.1 Å². The van der Waals surface area contributed by atoms with Crippen molar-refractivity contribution in [3.63, 3.8) is 0 Å². The lowest BCUT2D eigenvalue weighted by atomic mass is 10.4. The van der Waals surface area contributed by atoms with Gasteiger partial charge >= 0.3 is 0 Å². The van der Waals surface area contributed by atoms with Gasteiger partial charge in [-0.2, -0.15) is 0 Å². The van der Waals surface area contributed by atoms with Crippen molar-refractivity contribution >= 4 is 10.1 Å². The van der Waals surface area contributed by atoms with E-state index in [-0.39, 0.29) is 5.75 Å². The van der Waals surface area contributed by atoms with E-state index in [0.29, 0.717) is 19.6 Å². The Morgan fingerprint density at radius 2 is 1.83 bits per heavy atom. The molecule has 0 atom stereocenters. The molecule has 0 amide bonds. The number of unbranched alkanes of at least 4 members (excludes halogenated alkanes) is 1. The molecule has 0 heterocycles. The van der Waals surface area contributed by atoms with Gasteiger partial charge in [0.05, 0.1) is 10.1 Å². The molecule has 0 aliphatic rings. The van der Waals surface area contributed by atoms with E-state index in [1.165, 1.54) is 0 Å². The molecule has 0 radical (unpaired) electrons. The fourth-order valence-corrected chi connectivity index (χ4v) is 1.16.